The van der Waals surface area contributed by atoms with Crippen molar-refractivity contribution in [3.05, 3.63) is 77.8 Å². The summed E-state index contributed by atoms with van der Waals surface area (Å²) in [6.45, 7) is 1.38. The summed E-state index contributed by atoms with van der Waals surface area (Å²) in [4.78, 5) is 18.4. The van der Waals surface area contributed by atoms with Gasteiger partial charge in [0.2, 0.25) is 0 Å². The van der Waals surface area contributed by atoms with Gasteiger partial charge in [-0.3, -0.25) is 4.98 Å². The number of aromatic nitrogens is 1. The van der Waals surface area contributed by atoms with E-state index < -0.39 is 0 Å². The number of hydrogen-bond acceptors (Lipinski definition) is 6. The van der Waals surface area contributed by atoms with Gasteiger partial charge in [0.25, 0.3) is 0 Å². The summed E-state index contributed by atoms with van der Waals surface area (Å²) in [5.41, 5.74) is 2.26. The fourth-order valence-corrected chi connectivity index (χ4v) is 4.22. The number of nitrogens with one attached hydrogen (secondary N) is 1. The number of carbonyl (C=O) groups is 1. The van der Waals surface area contributed by atoms with Gasteiger partial charge in [0, 0.05) is 32.0 Å². The van der Waals surface area contributed by atoms with Crippen molar-refractivity contribution in [1.82, 2.24) is 15.2 Å². The molecule has 7 nitrogen and oxygen atoms in total. The lowest BCUT2D eigenvalue weighted by Crippen LogP contribution is -2.31. The standard InChI is InChI=1S/C24H25N3O4S/c1-29-15-5-14-27-22(21(26-24(27)32)18-6-3-4-13-25-18)20-12-11-19(31-20)16-7-9-17(10-8-16)23(28)30-2/h3-4,6-13,21-22H,5,14-15H2,1-2H3,(H,26,32)/t21-,22-/m0/s1. The molecule has 3 aromatic rings. The molecule has 0 spiro atoms. The molecule has 0 unspecified atom stereocenters. The van der Waals surface area contributed by atoms with Gasteiger partial charge >= 0.3 is 5.97 Å². The van der Waals surface area contributed by atoms with Crippen molar-refractivity contribution in [2.75, 3.05) is 27.4 Å². The van der Waals surface area contributed by atoms with E-state index in [2.05, 4.69) is 15.2 Å². The Morgan fingerprint density at radius 3 is 2.66 bits per heavy atom. The second-order valence-corrected chi connectivity index (χ2v) is 7.82. The molecule has 1 aromatic carbocycles. The molecule has 2 atom stereocenters. The third kappa shape index (κ3) is 4.51. The van der Waals surface area contributed by atoms with E-state index in [1.165, 1.54) is 7.11 Å². The van der Waals surface area contributed by atoms with Gasteiger partial charge in [0.15, 0.2) is 5.11 Å². The Labute approximate surface area is 192 Å². The predicted octanol–water partition coefficient (Wildman–Crippen LogP) is 4.14. The summed E-state index contributed by atoms with van der Waals surface area (Å²) < 4.78 is 16.3. The molecule has 8 heteroatoms. The van der Waals surface area contributed by atoms with Crippen molar-refractivity contribution < 1.29 is 18.7 Å². The van der Waals surface area contributed by atoms with Crippen LogP contribution in [0.25, 0.3) is 11.3 Å². The maximum absolute atomic E-state index is 11.7. The summed E-state index contributed by atoms with van der Waals surface area (Å²) in [7, 11) is 3.06. The van der Waals surface area contributed by atoms with E-state index in [-0.39, 0.29) is 18.1 Å². The lowest BCUT2D eigenvalue weighted by molar-refractivity contribution is 0.0600. The van der Waals surface area contributed by atoms with E-state index in [9.17, 15) is 4.79 Å². The number of thiocarbonyl (C=S) groups is 1. The SMILES string of the molecule is COCCCN1C(=S)N[C@@H](c2ccccn2)[C@@H]1c1ccc(-c2ccc(C(=O)OC)cc2)o1. The molecule has 3 heterocycles. The molecule has 32 heavy (non-hydrogen) atoms. The highest BCUT2D eigenvalue weighted by Gasteiger charge is 2.41. The normalized spacial score (nSPS) is 17.9. The quantitative estimate of drug-likeness (QED) is 0.311. The Kier molecular flexibility index (Phi) is 6.82. The van der Waals surface area contributed by atoms with Crippen molar-refractivity contribution in [3.8, 4) is 11.3 Å². The van der Waals surface area contributed by atoms with Crippen LogP contribution in [0.3, 0.4) is 0 Å². The Hall–Kier alpha value is -3.23. The number of carbonyl (C=O) groups excluding carboxylic acids is 1. The highest BCUT2D eigenvalue weighted by Crippen LogP contribution is 2.40. The molecule has 1 fully saturated rings. The molecule has 0 aliphatic carbocycles. The maximum atomic E-state index is 11.7. The van der Waals surface area contributed by atoms with Gasteiger partial charge in [0.1, 0.15) is 17.6 Å². The molecule has 0 saturated carbocycles. The maximum Gasteiger partial charge on any atom is 0.337 e. The highest BCUT2D eigenvalue weighted by atomic mass is 32.1. The van der Waals surface area contributed by atoms with Gasteiger partial charge in [-0.15, -0.1) is 0 Å². The number of pyridine rings is 1. The molecule has 1 N–H and O–H groups in total. The van der Waals surface area contributed by atoms with Crippen molar-refractivity contribution in [2.45, 2.75) is 18.5 Å². The number of furan rings is 1. The number of ether oxygens (including phenoxy) is 2. The van der Waals surface area contributed by atoms with E-state index in [0.717, 1.165) is 30.0 Å². The summed E-state index contributed by atoms with van der Waals surface area (Å²) in [5, 5.41) is 4.08. The molecule has 4 rings (SSSR count). The lowest BCUT2D eigenvalue weighted by atomic mass is 10.0. The summed E-state index contributed by atoms with van der Waals surface area (Å²) in [6, 6.07) is 16.6. The third-order valence-corrected chi connectivity index (χ3v) is 5.81. The van der Waals surface area contributed by atoms with Crippen LogP contribution in [0.15, 0.2) is 65.2 Å². The van der Waals surface area contributed by atoms with Crippen LogP contribution in [0.1, 0.15) is 40.3 Å². The zero-order valence-electron chi connectivity index (χ0n) is 18.0. The number of rotatable bonds is 8. The highest BCUT2D eigenvalue weighted by molar-refractivity contribution is 7.80. The van der Waals surface area contributed by atoms with Gasteiger partial charge in [-0.2, -0.15) is 0 Å². The first-order valence-electron chi connectivity index (χ1n) is 10.4. The Balaban J connectivity index is 1.64. The van der Waals surface area contributed by atoms with Gasteiger partial charge in [0.05, 0.1) is 24.4 Å². The van der Waals surface area contributed by atoms with Crippen LogP contribution in [-0.2, 0) is 9.47 Å². The second-order valence-electron chi connectivity index (χ2n) is 7.44. The number of benzene rings is 1. The molecule has 0 bridgehead atoms. The van der Waals surface area contributed by atoms with E-state index in [0.29, 0.717) is 23.0 Å². The first-order valence-corrected chi connectivity index (χ1v) is 10.8. The van der Waals surface area contributed by atoms with Crippen LogP contribution in [0.5, 0.6) is 0 Å². The Morgan fingerprint density at radius 2 is 1.97 bits per heavy atom. The molecular weight excluding hydrogens is 426 g/mol. The average molecular weight is 452 g/mol. The zero-order valence-corrected chi connectivity index (χ0v) is 18.8. The number of methoxy groups -OCH3 is 2. The van der Waals surface area contributed by atoms with Crippen LogP contribution in [-0.4, -0.2) is 48.3 Å². The zero-order chi connectivity index (χ0) is 22.5. The summed E-state index contributed by atoms with van der Waals surface area (Å²) >= 11 is 5.66. The van der Waals surface area contributed by atoms with Gasteiger partial charge in [-0.1, -0.05) is 18.2 Å². The van der Waals surface area contributed by atoms with E-state index >= 15 is 0 Å². The van der Waals surface area contributed by atoms with Crippen LogP contribution in [0, 0.1) is 0 Å². The molecule has 0 radical (unpaired) electrons. The van der Waals surface area contributed by atoms with Gasteiger partial charge in [-0.25, -0.2) is 4.79 Å². The minimum Gasteiger partial charge on any atom is -0.465 e. The minimum atomic E-state index is -0.368. The van der Waals surface area contributed by atoms with E-state index in [1.807, 2.05) is 42.5 Å². The molecule has 0 amide bonds. The monoisotopic (exact) mass is 451 g/mol. The fourth-order valence-electron chi connectivity index (χ4n) is 3.89. The Morgan fingerprint density at radius 1 is 1.16 bits per heavy atom. The predicted molar refractivity (Wildman–Crippen MR) is 124 cm³/mol. The first kappa shape index (κ1) is 22.0. The van der Waals surface area contributed by atoms with E-state index in [4.69, 9.17) is 26.1 Å². The van der Waals surface area contributed by atoms with Gasteiger partial charge in [-0.05, 0) is 55.0 Å². The van der Waals surface area contributed by atoms with Crippen molar-refractivity contribution in [1.29, 1.82) is 0 Å². The number of hydrogen-bond donors (Lipinski definition) is 1. The number of nitrogens with zero attached hydrogens (tertiary/aromatic N) is 2. The van der Waals surface area contributed by atoms with Crippen LogP contribution >= 0.6 is 12.2 Å². The molecule has 1 saturated heterocycles. The Bertz CT molecular complexity index is 1070. The molecular formula is C24H25N3O4S. The van der Waals surface area contributed by atoms with Crippen molar-refractivity contribution in [2.24, 2.45) is 0 Å². The molecule has 1 aliphatic heterocycles. The lowest BCUT2D eigenvalue weighted by Gasteiger charge is -2.25. The summed E-state index contributed by atoms with van der Waals surface area (Å²) in [6.07, 6.45) is 2.62. The van der Waals surface area contributed by atoms with Crippen molar-refractivity contribution >= 4 is 23.3 Å². The summed E-state index contributed by atoms with van der Waals surface area (Å²) in [5.74, 6) is 1.13. The largest absolute Gasteiger partial charge is 0.465 e. The fraction of sp³-hybridized carbons (Fsp3) is 0.292. The van der Waals surface area contributed by atoms with Crippen LogP contribution in [0.4, 0.5) is 0 Å². The third-order valence-electron chi connectivity index (χ3n) is 5.45. The molecule has 2 aromatic heterocycles. The molecule has 166 valence electrons. The molecule has 1 aliphatic rings. The second kappa shape index (κ2) is 9.93. The topological polar surface area (TPSA) is 76.8 Å². The van der Waals surface area contributed by atoms with E-state index in [1.54, 1.807) is 25.4 Å². The minimum absolute atomic E-state index is 0.132. The first-order chi connectivity index (χ1) is 15.6. The van der Waals surface area contributed by atoms with Crippen LogP contribution in [0.2, 0.25) is 0 Å². The van der Waals surface area contributed by atoms with Crippen molar-refractivity contribution in [3.63, 3.8) is 0 Å². The smallest absolute Gasteiger partial charge is 0.337 e. The number of esters is 1. The average Bonchev–Trinajstić information content (AvgIpc) is 3.44. The van der Waals surface area contributed by atoms with Crippen LogP contribution < -0.4 is 5.32 Å². The van der Waals surface area contributed by atoms with Gasteiger partial charge < -0.3 is 24.1 Å².